The van der Waals surface area contributed by atoms with E-state index in [2.05, 4.69) is 174 Å². The molecule has 0 aliphatic heterocycles. The molecule has 11 rings (SSSR count). The highest BCUT2D eigenvalue weighted by Crippen LogP contribution is 2.47. The maximum Gasteiger partial charge on any atom is 0.0998 e. The smallest absolute Gasteiger partial charge is 0.0998 e. The third-order valence-corrected chi connectivity index (χ3v) is 11.0. The number of aromatic nitrogens is 2. The lowest BCUT2D eigenvalue weighted by molar-refractivity contribution is 1.18. The van der Waals surface area contributed by atoms with Crippen LogP contribution in [0.1, 0.15) is 5.56 Å². The van der Waals surface area contributed by atoms with Crippen LogP contribution < -0.4 is 0 Å². The quantitative estimate of drug-likeness (QED) is 0.175. The van der Waals surface area contributed by atoms with Gasteiger partial charge < -0.3 is 4.57 Å². The zero-order valence-electron chi connectivity index (χ0n) is 28.6. The summed E-state index contributed by atoms with van der Waals surface area (Å²) in [5.74, 6) is 0. The maximum atomic E-state index is 10.1. The Morgan fingerprint density at radius 2 is 0.962 bits per heavy atom. The number of rotatable bonds is 4. The number of nitriles is 1. The molecular formula is C50H29N3. The Balaban J connectivity index is 1.21. The van der Waals surface area contributed by atoms with Crippen LogP contribution >= 0.6 is 0 Å². The van der Waals surface area contributed by atoms with E-state index in [1.807, 2.05) is 12.1 Å². The number of hydrogen-bond acceptors (Lipinski definition) is 2. The minimum Gasteiger partial charge on any atom is -0.309 e. The third kappa shape index (κ3) is 4.30. The maximum absolute atomic E-state index is 10.1. The molecule has 9 aromatic carbocycles. The molecule has 0 bridgehead atoms. The second-order valence-electron chi connectivity index (χ2n) is 13.8. The first-order valence-corrected chi connectivity index (χ1v) is 17.9. The number of nitrogens with zero attached hydrogens (tertiary/aromatic N) is 3. The molecule has 0 amide bonds. The van der Waals surface area contributed by atoms with E-state index in [1.54, 1.807) is 0 Å². The molecule has 0 radical (unpaired) electrons. The summed E-state index contributed by atoms with van der Waals surface area (Å²) in [6, 6.07) is 64.9. The molecule has 0 fully saturated rings. The minimum atomic E-state index is 0.694. The first-order valence-electron chi connectivity index (χ1n) is 17.9. The average molecular weight is 672 g/mol. The Hall–Kier alpha value is -7.28. The van der Waals surface area contributed by atoms with Crippen LogP contribution in [-0.2, 0) is 0 Å². The van der Waals surface area contributed by atoms with Gasteiger partial charge >= 0.3 is 0 Å². The van der Waals surface area contributed by atoms with Crippen molar-refractivity contribution >= 4 is 64.9 Å². The Bertz CT molecular complexity index is 3280. The van der Waals surface area contributed by atoms with E-state index < -0.39 is 0 Å². The number of fused-ring (bicyclic) bond motifs is 5. The SMILES string of the molecule is N#Cc1ccc2c3c1ccc1c(-c4cc5c6ccccc6c(-c6cccc(-c7ccccc7)n6)cc5c5ccccc45)ccc(c13)n2-c1ccccc1. The van der Waals surface area contributed by atoms with E-state index in [-0.39, 0.29) is 0 Å². The van der Waals surface area contributed by atoms with Crippen LogP contribution in [0.2, 0.25) is 0 Å². The molecule has 244 valence electrons. The van der Waals surface area contributed by atoms with Crippen molar-refractivity contribution < 1.29 is 0 Å². The van der Waals surface area contributed by atoms with Gasteiger partial charge in [0.2, 0.25) is 0 Å². The molecule has 0 atom stereocenters. The van der Waals surface area contributed by atoms with Crippen LogP contribution in [0.25, 0.3) is 104 Å². The van der Waals surface area contributed by atoms with Crippen LogP contribution in [0.4, 0.5) is 0 Å². The van der Waals surface area contributed by atoms with Crippen molar-refractivity contribution in [1.82, 2.24) is 9.55 Å². The molecule has 3 heteroatoms. The number of para-hydroxylation sites is 1. The molecular weight excluding hydrogens is 643 g/mol. The number of pyridine rings is 1. The Morgan fingerprint density at radius 1 is 0.396 bits per heavy atom. The molecule has 0 aliphatic rings. The van der Waals surface area contributed by atoms with Crippen molar-refractivity contribution in [2.75, 3.05) is 0 Å². The molecule has 2 aromatic heterocycles. The van der Waals surface area contributed by atoms with Gasteiger partial charge in [0.1, 0.15) is 0 Å². The third-order valence-electron chi connectivity index (χ3n) is 11.0. The molecule has 0 unspecified atom stereocenters. The molecule has 53 heavy (non-hydrogen) atoms. The Kier molecular flexibility index (Phi) is 6.32. The highest BCUT2D eigenvalue weighted by Gasteiger charge is 2.22. The molecule has 0 aliphatic carbocycles. The normalized spacial score (nSPS) is 11.8. The van der Waals surface area contributed by atoms with Gasteiger partial charge in [-0.3, -0.25) is 0 Å². The van der Waals surface area contributed by atoms with Crippen molar-refractivity contribution in [3.63, 3.8) is 0 Å². The summed E-state index contributed by atoms with van der Waals surface area (Å²) in [5.41, 5.74) is 10.6. The van der Waals surface area contributed by atoms with E-state index in [1.165, 1.54) is 54.2 Å². The zero-order chi connectivity index (χ0) is 35.0. The predicted octanol–water partition coefficient (Wildman–Crippen LogP) is 13.1. The lowest BCUT2D eigenvalue weighted by Gasteiger charge is -2.17. The van der Waals surface area contributed by atoms with Crippen LogP contribution in [0.3, 0.4) is 0 Å². The highest BCUT2D eigenvalue weighted by atomic mass is 15.0. The van der Waals surface area contributed by atoms with Gasteiger partial charge in [-0.1, -0.05) is 121 Å². The predicted molar refractivity (Wildman–Crippen MR) is 221 cm³/mol. The van der Waals surface area contributed by atoms with E-state index >= 15 is 0 Å². The Morgan fingerprint density at radius 3 is 1.68 bits per heavy atom. The summed E-state index contributed by atoms with van der Waals surface area (Å²) < 4.78 is 2.34. The molecule has 11 aromatic rings. The fourth-order valence-corrected chi connectivity index (χ4v) is 8.68. The fraction of sp³-hybridized carbons (Fsp3) is 0. The average Bonchev–Trinajstić information content (AvgIpc) is 3.58. The molecule has 0 saturated carbocycles. The van der Waals surface area contributed by atoms with Crippen molar-refractivity contribution in [2.24, 2.45) is 0 Å². The van der Waals surface area contributed by atoms with Crippen LogP contribution in [0, 0.1) is 11.3 Å². The van der Waals surface area contributed by atoms with Gasteiger partial charge in [0.25, 0.3) is 0 Å². The topological polar surface area (TPSA) is 41.6 Å². The van der Waals surface area contributed by atoms with Gasteiger partial charge in [-0.2, -0.15) is 5.26 Å². The largest absolute Gasteiger partial charge is 0.309 e. The zero-order valence-corrected chi connectivity index (χ0v) is 28.6. The molecule has 0 spiro atoms. The van der Waals surface area contributed by atoms with Crippen LogP contribution in [0.5, 0.6) is 0 Å². The summed E-state index contributed by atoms with van der Waals surface area (Å²) in [6.07, 6.45) is 0. The van der Waals surface area contributed by atoms with Crippen molar-refractivity contribution in [1.29, 1.82) is 5.26 Å². The standard InChI is InChI=1S/C50H29N3/c51-30-32-22-26-47-49-34(32)23-24-40-39(25-27-48(50(40)49)53(47)33-14-5-2-6-15-33)41-28-42-37-18-9-10-19-38(37)44(29-43(42)36-17-8-7-16-35(36)41)46-21-11-20-45(52-46)31-12-3-1-4-13-31/h1-29H. The second-order valence-corrected chi connectivity index (χ2v) is 13.8. The lowest BCUT2D eigenvalue weighted by atomic mass is 9.86. The first-order chi connectivity index (χ1) is 26.3. The monoisotopic (exact) mass is 671 g/mol. The van der Waals surface area contributed by atoms with Gasteiger partial charge in [0, 0.05) is 33.0 Å². The highest BCUT2D eigenvalue weighted by molar-refractivity contribution is 6.30. The van der Waals surface area contributed by atoms with Crippen molar-refractivity contribution in [2.45, 2.75) is 0 Å². The number of benzene rings is 9. The fourth-order valence-electron chi connectivity index (χ4n) is 8.68. The van der Waals surface area contributed by atoms with Gasteiger partial charge in [-0.05, 0) is 103 Å². The summed E-state index contributed by atoms with van der Waals surface area (Å²) in [5, 5.41) is 21.8. The molecule has 3 nitrogen and oxygen atoms in total. The minimum absolute atomic E-state index is 0.694. The Labute approximate surface area is 305 Å². The van der Waals surface area contributed by atoms with E-state index in [4.69, 9.17) is 4.98 Å². The van der Waals surface area contributed by atoms with Crippen molar-refractivity contribution in [3.8, 4) is 45.4 Å². The van der Waals surface area contributed by atoms with Gasteiger partial charge in [0.05, 0.1) is 34.1 Å². The summed E-state index contributed by atoms with van der Waals surface area (Å²) in [6.45, 7) is 0. The van der Waals surface area contributed by atoms with Crippen molar-refractivity contribution in [3.05, 3.63) is 181 Å². The summed E-state index contributed by atoms with van der Waals surface area (Å²) in [4.78, 5) is 5.20. The van der Waals surface area contributed by atoms with E-state index in [0.717, 1.165) is 50.0 Å². The van der Waals surface area contributed by atoms with Crippen LogP contribution in [0.15, 0.2) is 176 Å². The van der Waals surface area contributed by atoms with E-state index in [9.17, 15) is 5.26 Å². The van der Waals surface area contributed by atoms with Gasteiger partial charge in [-0.25, -0.2) is 4.98 Å². The molecule has 2 heterocycles. The summed E-state index contributed by atoms with van der Waals surface area (Å²) in [7, 11) is 0. The van der Waals surface area contributed by atoms with Gasteiger partial charge in [0.15, 0.2) is 0 Å². The molecule has 0 saturated heterocycles. The lowest BCUT2D eigenvalue weighted by Crippen LogP contribution is -1.93. The van der Waals surface area contributed by atoms with E-state index in [0.29, 0.717) is 5.56 Å². The second kappa shape index (κ2) is 11.4. The summed E-state index contributed by atoms with van der Waals surface area (Å²) >= 11 is 0. The first kappa shape index (κ1) is 29.5. The van der Waals surface area contributed by atoms with Crippen LogP contribution in [-0.4, -0.2) is 9.55 Å². The number of hydrogen-bond donors (Lipinski definition) is 0. The van der Waals surface area contributed by atoms with Gasteiger partial charge in [-0.15, -0.1) is 0 Å². The molecule has 0 N–H and O–H groups in total.